The van der Waals surface area contributed by atoms with Crippen LogP contribution in [0.3, 0.4) is 0 Å². The van der Waals surface area contributed by atoms with Gasteiger partial charge in [-0.1, -0.05) is 42.5 Å². The minimum absolute atomic E-state index is 0.232. The molecule has 9 nitrogen and oxygen atoms in total. The molecule has 4 aromatic carbocycles. The van der Waals surface area contributed by atoms with Crippen molar-refractivity contribution in [2.24, 2.45) is 9.98 Å². The van der Waals surface area contributed by atoms with Gasteiger partial charge in [0.15, 0.2) is 29.0 Å². The number of nitrogens with zero attached hydrogens (tertiary/aromatic N) is 7. The number of benzene rings is 4. The third-order valence-corrected chi connectivity index (χ3v) is 9.12. The third-order valence-electron chi connectivity index (χ3n) is 9.12. The lowest BCUT2D eigenvalue weighted by atomic mass is 9.92. The van der Waals surface area contributed by atoms with E-state index in [9.17, 15) is 4.39 Å². The molecule has 3 aliphatic heterocycles. The second kappa shape index (κ2) is 11.6. The Bertz CT molecular complexity index is 2010. The fourth-order valence-electron chi connectivity index (χ4n) is 6.91. The van der Waals surface area contributed by atoms with E-state index < -0.39 is 0 Å². The average molecular weight is 628 g/mol. The van der Waals surface area contributed by atoms with Crippen LogP contribution in [0.4, 0.5) is 27.3 Å². The van der Waals surface area contributed by atoms with Crippen LogP contribution in [0.5, 0.6) is 11.5 Å². The Balaban J connectivity index is 1.31. The van der Waals surface area contributed by atoms with E-state index in [0.717, 1.165) is 83.2 Å². The van der Waals surface area contributed by atoms with E-state index in [0.29, 0.717) is 11.5 Å². The first kappa shape index (κ1) is 28.8. The maximum absolute atomic E-state index is 13.6. The highest BCUT2D eigenvalue weighted by molar-refractivity contribution is 6.48. The summed E-state index contributed by atoms with van der Waals surface area (Å²) in [6, 6.07) is 30.7. The van der Waals surface area contributed by atoms with Gasteiger partial charge in [0, 0.05) is 43.0 Å². The van der Waals surface area contributed by atoms with Gasteiger partial charge < -0.3 is 24.2 Å². The molecule has 236 valence electrons. The molecule has 0 N–H and O–H groups in total. The summed E-state index contributed by atoms with van der Waals surface area (Å²) in [6.45, 7) is 5.01. The second-order valence-corrected chi connectivity index (χ2v) is 11.7. The van der Waals surface area contributed by atoms with E-state index in [1.165, 1.54) is 12.1 Å². The molecule has 1 saturated heterocycles. The van der Waals surface area contributed by atoms with Crippen LogP contribution in [0.25, 0.3) is 5.69 Å². The van der Waals surface area contributed by atoms with Gasteiger partial charge in [0.05, 0.1) is 43.0 Å². The highest BCUT2D eigenvalue weighted by atomic mass is 19.1. The van der Waals surface area contributed by atoms with Crippen LogP contribution in [0.1, 0.15) is 22.9 Å². The molecule has 0 saturated carbocycles. The molecular weight excluding hydrogens is 593 g/mol. The Morgan fingerprint density at radius 2 is 1.43 bits per heavy atom. The lowest BCUT2D eigenvalue weighted by Crippen LogP contribution is -2.55. The zero-order valence-corrected chi connectivity index (χ0v) is 26.5. The first-order valence-electron chi connectivity index (χ1n) is 15.7. The number of fused-ring (bicyclic) bond motifs is 4. The van der Waals surface area contributed by atoms with Crippen molar-refractivity contribution in [1.82, 2.24) is 14.7 Å². The number of aryl methyl sites for hydroxylation is 1. The molecule has 0 aliphatic carbocycles. The van der Waals surface area contributed by atoms with Gasteiger partial charge in [-0.05, 0) is 61.5 Å². The maximum atomic E-state index is 13.6. The largest absolute Gasteiger partial charge is 0.493 e. The number of ether oxygens (including phenoxy) is 2. The molecule has 1 atom stereocenters. The summed E-state index contributed by atoms with van der Waals surface area (Å²) < 4.78 is 27.4. The second-order valence-electron chi connectivity index (χ2n) is 11.7. The average Bonchev–Trinajstić information content (AvgIpc) is 3.46. The summed E-state index contributed by atoms with van der Waals surface area (Å²) in [5, 5.41) is 5.06. The van der Waals surface area contributed by atoms with E-state index in [1.54, 1.807) is 14.2 Å². The highest BCUT2D eigenvalue weighted by Crippen LogP contribution is 2.51. The van der Waals surface area contributed by atoms with Crippen molar-refractivity contribution >= 4 is 34.6 Å². The summed E-state index contributed by atoms with van der Waals surface area (Å²) in [5.41, 5.74) is 6.55. The Kier molecular flexibility index (Phi) is 7.12. The monoisotopic (exact) mass is 627 g/mol. The summed E-state index contributed by atoms with van der Waals surface area (Å²) in [5.74, 6) is 3.39. The van der Waals surface area contributed by atoms with Crippen molar-refractivity contribution in [1.29, 1.82) is 0 Å². The molecule has 5 aromatic rings. The molecule has 10 heteroatoms. The first-order chi connectivity index (χ1) is 23.1. The predicted octanol–water partition coefficient (Wildman–Crippen LogP) is 6.84. The van der Waals surface area contributed by atoms with Crippen LogP contribution >= 0.6 is 0 Å². The molecule has 47 heavy (non-hydrogen) atoms. The molecule has 3 aliphatic rings. The van der Waals surface area contributed by atoms with Gasteiger partial charge in [0.1, 0.15) is 5.82 Å². The fraction of sp³-hybridized carbons (Fsp3) is 0.216. The molecule has 0 radical (unpaired) electrons. The number of aromatic nitrogens is 2. The summed E-state index contributed by atoms with van der Waals surface area (Å²) in [6.07, 6.45) is 0. The normalized spacial score (nSPS) is 16.9. The number of methoxy groups -OCH3 is 2. The zero-order chi connectivity index (χ0) is 32.1. The number of halogens is 1. The molecule has 8 rings (SSSR count). The Labute approximate surface area is 272 Å². The van der Waals surface area contributed by atoms with E-state index in [-0.39, 0.29) is 11.9 Å². The molecule has 1 unspecified atom stereocenters. The Morgan fingerprint density at radius 3 is 2.17 bits per heavy atom. The van der Waals surface area contributed by atoms with Crippen molar-refractivity contribution in [3.8, 4) is 17.2 Å². The van der Waals surface area contributed by atoms with Gasteiger partial charge in [-0.3, -0.25) is 0 Å². The van der Waals surface area contributed by atoms with Crippen LogP contribution in [-0.4, -0.2) is 66.8 Å². The number of rotatable bonds is 5. The first-order valence-corrected chi connectivity index (χ1v) is 15.7. The van der Waals surface area contributed by atoms with Gasteiger partial charge in [-0.15, -0.1) is 0 Å². The molecule has 0 amide bonds. The van der Waals surface area contributed by atoms with Gasteiger partial charge in [0.25, 0.3) is 0 Å². The van der Waals surface area contributed by atoms with Crippen LogP contribution in [0.15, 0.2) is 107 Å². The van der Waals surface area contributed by atoms with Crippen LogP contribution in [0.2, 0.25) is 0 Å². The molecule has 4 heterocycles. The number of para-hydroxylation sites is 4. The van der Waals surface area contributed by atoms with Crippen molar-refractivity contribution in [2.75, 3.05) is 50.2 Å². The van der Waals surface area contributed by atoms with Crippen molar-refractivity contribution in [3.63, 3.8) is 0 Å². The summed E-state index contributed by atoms with van der Waals surface area (Å²) in [4.78, 5) is 17.6. The quantitative estimate of drug-likeness (QED) is 0.213. The number of anilines is 2. The van der Waals surface area contributed by atoms with Crippen molar-refractivity contribution < 1.29 is 13.9 Å². The van der Waals surface area contributed by atoms with Gasteiger partial charge in [-0.25, -0.2) is 19.1 Å². The number of piperazine rings is 1. The smallest absolute Gasteiger partial charge is 0.179 e. The van der Waals surface area contributed by atoms with Gasteiger partial charge in [0.2, 0.25) is 0 Å². The summed E-state index contributed by atoms with van der Waals surface area (Å²) >= 11 is 0. The van der Waals surface area contributed by atoms with E-state index in [2.05, 4.69) is 32.9 Å². The lowest BCUT2D eigenvalue weighted by Gasteiger charge is -2.44. The van der Waals surface area contributed by atoms with E-state index in [1.807, 2.05) is 78.3 Å². The zero-order valence-electron chi connectivity index (χ0n) is 26.5. The van der Waals surface area contributed by atoms with Crippen molar-refractivity contribution in [2.45, 2.75) is 13.0 Å². The summed E-state index contributed by atoms with van der Waals surface area (Å²) in [7, 11) is 3.34. The topological polar surface area (TPSA) is 70.7 Å². The Morgan fingerprint density at radius 1 is 0.702 bits per heavy atom. The van der Waals surface area contributed by atoms with Crippen LogP contribution in [0, 0.1) is 12.7 Å². The SMILES string of the molecule is COc1cccc(C2c3c(C)nn(-c4ccccc4)c3N=C3C(N4CCN(c5ccc(F)cc5)CC4)=Nc4ccccc4N32)c1OC. The fourth-order valence-corrected chi connectivity index (χ4v) is 6.91. The van der Waals surface area contributed by atoms with Gasteiger partial charge in [-0.2, -0.15) is 5.10 Å². The van der Waals surface area contributed by atoms with Crippen LogP contribution < -0.4 is 19.3 Å². The number of hydrogen-bond acceptors (Lipinski definition) is 8. The predicted molar refractivity (Wildman–Crippen MR) is 183 cm³/mol. The number of aliphatic imine (C=N–C) groups is 2. The molecule has 0 bridgehead atoms. The maximum Gasteiger partial charge on any atom is 0.179 e. The standard InChI is InChI=1S/C37H34FN7O2/c1-24-32-33(28-12-9-15-31(46-2)34(28)47-3)44-30-14-8-7-13-29(30)39-36(37(44)40-35(32)45(41-24)27-10-5-4-6-11-27)43-22-20-42(21-23-43)26-18-16-25(38)17-19-26/h4-19,33H,20-23H2,1-3H3. The lowest BCUT2D eigenvalue weighted by molar-refractivity contribution is 0.350. The third kappa shape index (κ3) is 4.79. The Hall–Kier alpha value is -5.64. The van der Waals surface area contributed by atoms with Crippen LogP contribution in [-0.2, 0) is 0 Å². The number of amidine groups is 2. The van der Waals surface area contributed by atoms with E-state index in [4.69, 9.17) is 24.6 Å². The molecular formula is C37H34FN7O2. The van der Waals surface area contributed by atoms with E-state index >= 15 is 0 Å². The number of hydrogen-bond donors (Lipinski definition) is 0. The minimum atomic E-state index is -0.341. The molecule has 1 aromatic heterocycles. The minimum Gasteiger partial charge on any atom is -0.493 e. The highest BCUT2D eigenvalue weighted by Gasteiger charge is 2.44. The van der Waals surface area contributed by atoms with Crippen molar-refractivity contribution in [3.05, 3.63) is 120 Å². The molecule has 1 fully saturated rings. The van der Waals surface area contributed by atoms with Gasteiger partial charge >= 0.3 is 0 Å². The molecule has 0 spiro atoms.